The number of hydrogen-bond acceptors (Lipinski definition) is 6. The molecule has 2 aliphatic rings. The fourth-order valence-corrected chi connectivity index (χ4v) is 4.68. The topological polar surface area (TPSA) is 81.8 Å². The second-order valence-corrected chi connectivity index (χ2v) is 8.02. The lowest BCUT2D eigenvalue weighted by Crippen LogP contribution is -2.34. The third-order valence-electron chi connectivity index (χ3n) is 6.16. The molecule has 0 spiro atoms. The summed E-state index contributed by atoms with van der Waals surface area (Å²) in [6, 6.07) is 8.25. The van der Waals surface area contributed by atoms with Crippen molar-refractivity contribution in [3.63, 3.8) is 0 Å². The van der Waals surface area contributed by atoms with E-state index in [4.69, 9.17) is 14.5 Å². The summed E-state index contributed by atoms with van der Waals surface area (Å²) in [5.74, 6) is 2.40. The maximum absolute atomic E-state index is 10.3. The van der Waals surface area contributed by atoms with E-state index in [2.05, 4.69) is 16.0 Å². The summed E-state index contributed by atoms with van der Waals surface area (Å²) in [5.41, 5.74) is 4.06. The molecule has 0 radical (unpaired) electrons. The highest BCUT2D eigenvalue weighted by molar-refractivity contribution is 8.93. The number of imidazole rings is 1. The van der Waals surface area contributed by atoms with Crippen LogP contribution in [0.2, 0.25) is 0 Å². The number of aromatic nitrogens is 3. The highest BCUT2D eigenvalue weighted by Crippen LogP contribution is 2.44. The molecular weight excluding hydrogens is 472 g/mol. The molecule has 1 fully saturated rings. The summed E-state index contributed by atoms with van der Waals surface area (Å²) in [4.78, 5) is 13.9. The Morgan fingerprint density at radius 3 is 2.75 bits per heavy atom. The van der Waals surface area contributed by atoms with Crippen LogP contribution in [-0.2, 0) is 0 Å². The van der Waals surface area contributed by atoms with Crippen LogP contribution in [0.4, 0.5) is 0 Å². The highest BCUT2D eigenvalue weighted by atomic mass is 79.9. The van der Waals surface area contributed by atoms with Crippen molar-refractivity contribution in [2.45, 2.75) is 44.2 Å². The number of aliphatic imine (C=N–C) groups is 1. The molecule has 1 saturated carbocycles. The number of halogens is 1. The van der Waals surface area contributed by atoms with Gasteiger partial charge in [-0.2, -0.15) is 0 Å². The first-order valence-electron chi connectivity index (χ1n) is 10.7. The SMILES string of the molecule is Br.CCOc1cc2c(cc1OC)C(c1ccc(-n3ccnc3)nc1)=N[C@@H]1CC[C@@H](O)C[C@H]21. The molecule has 8 heteroatoms. The van der Waals surface area contributed by atoms with Gasteiger partial charge in [0, 0.05) is 35.6 Å². The number of pyridine rings is 1. The number of aliphatic hydroxyl groups excluding tert-OH is 1. The van der Waals surface area contributed by atoms with Crippen molar-refractivity contribution in [3.8, 4) is 17.3 Å². The minimum absolute atomic E-state index is 0. The lowest BCUT2D eigenvalue weighted by Gasteiger charge is -2.37. The first-order valence-corrected chi connectivity index (χ1v) is 10.7. The molecule has 1 aliphatic heterocycles. The van der Waals surface area contributed by atoms with Crippen molar-refractivity contribution in [2.24, 2.45) is 4.99 Å². The highest BCUT2D eigenvalue weighted by Gasteiger charge is 2.37. The molecular formula is C24H27BrN4O3. The molecule has 3 heterocycles. The Hall–Kier alpha value is -2.71. The third-order valence-corrected chi connectivity index (χ3v) is 6.16. The van der Waals surface area contributed by atoms with E-state index in [0.29, 0.717) is 18.8 Å². The van der Waals surface area contributed by atoms with E-state index in [1.54, 1.807) is 19.6 Å². The maximum atomic E-state index is 10.3. The Morgan fingerprint density at radius 2 is 2.06 bits per heavy atom. The van der Waals surface area contributed by atoms with Crippen LogP contribution in [0.5, 0.6) is 11.5 Å². The number of benzene rings is 1. The van der Waals surface area contributed by atoms with Gasteiger partial charge in [-0.1, -0.05) is 0 Å². The molecule has 3 aromatic rings. The second kappa shape index (κ2) is 9.42. The zero-order valence-corrected chi connectivity index (χ0v) is 19.9. The minimum Gasteiger partial charge on any atom is -0.493 e. The van der Waals surface area contributed by atoms with E-state index in [1.807, 2.05) is 42.1 Å². The van der Waals surface area contributed by atoms with Gasteiger partial charge >= 0.3 is 0 Å². The zero-order valence-electron chi connectivity index (χ0n) is 18.1. The number of rotatable bonds is 5. The van der Waals surface area contributed by atoms with Crippen LogP contribution in [-0.4, -0.2) is 51.2 Å². The summed E-state index contributed by atoms with van der Waals surface area (Å²) in [5, 5.41) is 10.3. The van der Waals surface area contributed by atoms with Crippen molar-refractivity contribution in [1.29, 1.82) is 0 Å². The molecule has 7 nitrogen and oxygen atoms in total. The van der Waals surface area contributed by atoms with E-state index in [1.165, 1.54) is 0 Å². The average Bonchev–Trinajstić information content (AvgIpc) is 3.34. The van der Waals surface area contributed by atoms with Gasteiger partial charge in [-0.25, -0.2) is 9.97 Å². The molecule has 1 N–H and O–H groups in total. The van der Waals surface area contributed by atoms with Crippen LogP contribution < -0.4 is 9.47 Å². The molecule has 0 amide bonds. The molecule has 1 aliphatic carbocycles. The Labute approximate surface area is 197 Å². The van der Waals surface area contributed by atoms with Crippen LogP contribution in [0.25, 0.3) is 5.82 Å². The van der Waals surface area contributed by atoms with Crippen LogP contribution >= 0.6 is 17.0 Å². The fraction of sp³-hybridized carbons (Fsp3) is 0.375. The number of nitrogens with zero attached hydrogens (tertiary/aromatic N) is 4. The number of aliphatic hydroxyl groups is 1. The van der Waals surface area contributed by atoms with E-state index in [9.17, 15) is 5.11 Å². The van der Waals surface area contributed by atoms with Crippen LogP contribution in [0, 0.1) is 0 Å². The van der Waals surface area contributed by atoms with E-state index in [0.717, 1.165) is 46.8 Å². The molecule has 0 unspecified atom stereocenters. The zero-order chi connectivity index (χ0) is 21.4. The lowest BCUT2D eigenvalue weighted by atomic mass is 9.74. The summed E-state index contributed by atoms with van der Waals surface area (Å²) in [6.07, 6.45) is 9.26. The van der Waals surface area contributed by atoms with Crippen molar-refractivity contribution >= 4 is 22.7 Å². The average molecular weight is 499 g/mol. The predicted molar refractivity (Wildman–Crippen MR) is 128 cm³/mol. The van der Waals surface area contributed by atoms with Gasteiger partial charge in [0.1, 0.15) is 12.1 Å². The Kier molecular flexibility index (Phi) is 6.62. The number of fused-ring (bicyclic) bond motifs is 3. The normalized spacial score (nSPS) is 21.6. The van der Waals surface area contributed by atoms with Crippen LogP contribution in [0.1, 0.15) is 48.8 Å². The predicted octanol–water partition coefficient (Wildman–Crippen LogP) is 4.10. The largest absolute Gasteiger partial charge is 0.493 e. The standard InChI is InChI=1S/C24H26N4O3.BrH/c1-3-31-22-11-17-18-10-16(29)5-6-20(18)27-24(19(17)12-21(22)30-2)15-4-7-23(26-13-15)28-9-8-25-14-28;/h4,7-9,11-14,16,18,20,29H,3,5-6,10H2,1-2H3;1H/t16-,18-,20-;/m1./s1. The van der Waals surface area contributed by atoms with Gasteiger partial charge in [-0.05, 0) is 56.0 Å². The Morgan fingerprint density at radius 1 is 1.19 bits per heavy atom. The molecule has 2 aromatic heterocycles. The van der Waals surface area contributed by atoms with E-state index in [-0.39, 0.29) is 35.0 Å². The Balaban J connectivity index is 0.00000245. The summed E-state index contributed by atoms with van der Waals surface area (Å²) in [6.45, 7) is 2.53. The van der Waals surface area contributed by atoms with E-state index < -0.39 is 0 Å². The quantitative estimate of drug-likeness (QED) is 0.572. The summed E-state index contributed by atoms with van der Waals surface area (Å²) >= 11 is 0. The summed E-state index contributed by atoms with van der Waals surface area (Å²) < 4.78 is 13.3. The Bertz CT molecular complexity index is 1100. The minimum atomic E-state index is -0.292. The third kappa shape index (κ3) is 4.04. The number of ether oxygens (including phenoxy) is 2. The van der Waals surface area contributed by atoms with Gasteiger partial charge in [-0.15, -0.1) is 17.0 Å². The van der Waals surface area contributed by atoms with Gasteiger partial charge < -0.3 is 14.6 Å². The van der Waals surface area contributed by atoms with Crippen LogP contribution in [0.3, 0.4) is 0 Å². The molecule has 0 saturated heterocycles. The number of methoxy groups -OCH3 is 1. The molecule has 3 atom stereocenters. The van der Waals surface area contributed by atoms with Gasteiger partial charge in [-0.3, -0.25) is 9.56 Å². The fourth-order valence-electron chi connectivity index (χ4n) is 4.68. The summed E-state index contributed by atoms with van der Waals surface area (Å²) in [7, 11) is 1.65. The molecule has 168 valence electrons. The van der Waals surface area contributed by atoms with Gasteiger partial charge in [0.2, 0.25) is 0 Å². The van der Waals surface area contributed by atoms with Gasteiger partial charge in [0.15, 0.2) is 11.5 Å². The number of hydrogen-bond donors (Lipinski definition) is 1. The van der Waals surface area contributed by atoms with Crippen molar-refractivity contribution in [2.75, 3.05) is 13.7 Å². The molecule has 32 heavy (non-hydrogen) atoms. The first-order chi connectivity index (χ1) is 15.2. The van der Waals surface area contributed by atoms with Crippen molar-refractivity contribution < 1.29 is 14.6 Å². The second-order valence-electron chi connectivity index (χ2n) is 8.02. The van der Waals surface area contributed by atoms with Gasteiger partial charge in [0.05, 0.1) is 31.6 Å². The molecule has 1 aromatic carbocycles. The first kappa shape index (κ1) is 22.5. The maximum Gasteiger partial charge on any atom is 0.161 e. The molecule has 5 rings (SSSR count). The monoisotopic (exact) mass is 498 g/mol. The smallest absolute Gasteiger partial charge is 0.161 e. The molecule has 0 bridgehead atoms. The van der Waals surface area contributed by atoms with E-state index >= 15 is 0 Å². The van der Waals surface area contributed by atoms with Gasteiger partial charge in [0.25, 0.3) is 0 Å². The van der Waals surface area contributed by atoms with Crippen molar-refractivity contribution in [1.82, 2.24) is 14.5 Å². The lowest BCUT2D eigenvalue weighted by molar-refractivity contribution is 0.111. The van der Waals surface area contributed by atoms with Crippen LogP contribution in [0.15, 0.2) is 54.2 Å². The van der Waals surface area contributed by atoms with Crippen molar-refractivity contribution in [3.05, 3.63) is 65.9 Å².